The summed E-state index contributed by atoms with van der Waals surface area (Å²) < 4.78 is 44.7. The van der Waals surface area contributed by atoms with Crippen LogP contribution in [0.3, 0.4) is 0 Å². The quantitative estimate of drug-likeness (QED) is 0.694. The van der Waals surface area contributed by atoms with Gasteiger partial charge >= 0.3 is 6.18 Å². The van der Waals surface area contributed by atoms with Gasteiger partial charge in [0.1, 0.15) is 6.61 Å². The van der Waals surface area contributed by atoms with Gasteiger partial charge in [-0.25, -0.2) is 0 Å². The lowest BCUT2D eigenvalue weighted by Crippen LogP contribution is -2.30. The van der Waals surface area contributed by atoms with Gasteiger partial charge in [0.25, 0.3) is 0 Å². The number of hydrogen-bond donors (Lipinski definition) is 1. The Hall–Kier alpha value is -0.330. The minimum absolute atomic E-state index is 0.0756. The molecule has 0 aromatic rings. The molecule has 0 aliphatic carbocycles. The first-order valence-electron chi connectivity index (χ1n) is 5.05. The zero-order chi connectivity index (χ0) is 11.1. The van der Waals surface area contributed by atoms with Crippen LogP contribution in [-0.2, 0) is 9.47 Å². The summed E-state index contributed by atoms with van der Waals surface area (Å²) in [5.74, 6) is 0. The molecule has 0 amide bonds. The lowest BCUT2D eigenvalue weighted by molar-refractivity contribution is -0.173. The predicted molar refractivity (Wildman–Crippen MR) is 48.7 cm³/mol. The average Bonchev–Trinajstić information content (AvgIpc) is 2.61. The summed E-state index contributed by atoms with van der Waals surface area (Å²) in [6, 6.07) is 0. The van der Waals surface area contributed by atoms with Crippen molar-refractivity contribution in [3.63, 3.8) is 0 Å². The van der Waals surface area contributed by atoms with E-state index in [0.29, 0.717) is 13.1 Å². The van der Waals surface area contributed by atoms with Crippen LogP contribution in [-0.4, -0.2) is 45.2 Å². The minimum Gasteiger partial charge on any atom is -0.377 e. The smallest absolute Gasteiger partial charge is 0.377 e. The maximum atomic E-state index is 11.6. The maximum Gasteiger partial charge on any atom is 0.411 e. The Morgan fingerprint density at radius 2 is 2.20 bits per heavy atom. The normalized spacial score (nSPS) is 22.2. The van der Waals surface area contributed by atoms with E-state index >= 15 is 0 Å². The zero-order valence-electron chi connectivity index (χ0n) is 8.48. The summed E-state index contributed by atoms with van der Waals surface area (Å²) in [6.07, 6.45) is -1.92. The minimum atomic E-state index is -4.23. The van der Waals surface area contributed by atoms with Gasteiger partial charge in [-0.15, -0.1) is 0 Å². The second kappa shape index (κ2) is 6.30. The molecule has 0 saturated carbocycles. The van der Waals surface area contributed by atoms with Crippen LogP contribution in [0.25, 0.3) is 0 Å². The molecule has 0 spiro atoms. The van der Waals surface area contributed by atoms with Crippen molar-refractivity contribution in [1.82, 2.24) is 5.32 Å². The summed E-state index contributed by atoms with van der Waals surface area (Å²) in [4.78, 5) is 0. The highest BCUT2D eigenvalue weighted by atomic mass is 19.4. The van der Waals surface area contributed by atoms with E-state index < -0.39 is 12.8 Å². The summed E-state index contributed by atoms with van der Waals surface area (Å²) >= 11 is 0. The number of rotatable bonds is 6. The van der Waals surface area contributed by atoms with Gasteiger partial charge in [0.05, 0.1) is 12.7 Å². The molecule has 0 aromatic carbocycles. The monoisotopic (exact) mass is 227 g/mol. The fourth-order valence-electron chi connectivity index (χ4n) is 1.40. The molecule has 1 saturated heterocycles. The molecule has 1 N–H and O–H groups in total. The molecule has 1 atom stereocenters. The van der Waals surface area contributed by atoms with Crippen molar-refractivity contribution < 1.29 is 22.6 Å². The summed E-state index contributed by atoms with van der Waals surface area (Å²) in [6.45, 7) is 0.809. The van der Waals surface area contributed by atoms with Gasteiger partial charge < -0.3 is 14.8 Å². The van der Waals surface area contributed by atoms with E-state index in [1.807, 2.05) is 0 Å². The Bertz CT molecular complexity index is 169. The molecule has 1 aliphatic heterocycles. The lowest BCUT2D eigenvalue weighted by Gasteiger charge is -2.11. The molecule has 0 bridgehead atoms. The van der Waals surface area contributed by atoms with Crippen molar-refractivity contribution in [2.45, 2.75) is 25.1 Å². The summed E-state index contributed by atoms with van der Waals surface area (Å²) in [5.41, 5.74) is 0. The van der Waals surface area contributed by atoms with Crippen molar-refractivity contribution in [1.29, 1.82) is 0 Å². The molecule has 0 aromatic heterocycles. The molecular formula is C9H16F3NO2. The Labute approximate surface area is 86.9 Å². The number of hydrogen-bond acceptors (Lipinski definition) is 3. The second-order valence-corrected chi connectivity index (χ2v) is 3.51. The Morgan fingerprint density at radius 3 is 2.80 bits per heavy atom. The number of ether oxygens (including phenoxy) is 2. The summed E-state index contributed by atoms with van der Waals surface area (Å²) in [5, 5.41) is 3.00. The Kier molecular flexibility index (Phi) is 5.35. The van der Waals surface area contributed by atoms with E-state index in [1.165, 1.54) is 0 Å². The van der Waals surface area contributed by atoms with E-state index in [-0.39, 0.29) is 12.7 Å². The number of alkyl halides is 3. The molecule has 1 unspecified atom stereocenters. The molecule has 0 radical (unpaired) electrons. The first-order chi connectivity index (χ1) is 7.08. The van der Waals surface area contributed by atoms with Crippen molar-refractivity contribution in [2.75, 3.05) is 32.9 Å². The molecule has 3 nitrogen and oxygen atoms in total. The molecular weight excluding hydrogens is 211 g/mol. The van der Waals surface area contributed by atoms with Crippen molar-refractivity contribution in [3.05, 3.63) is 0 Å². The van der Waals surface area contributed by atoms with Crippen LogP contribution >= 0.6 is 0 Å². The number of halogens is 3. The van der Waals surface area contributed by atoms with Crippen LogP contribution < -0.4 is 5.32 Å². The standard InChI is InChI=1S/C9H16F3NO2/c10-9(11,12)7-14-5-3-13-6-8-2-1-4-15-8/h8,13H,1-7H2. The van der Waals surface area contributed by atoms with Crippen LogP contribution in [0.5, 0.6) is 0 Å². The molecule has 1 aliphatic rings. The lowest BCUT2D eigenvalue weighted by atomic mass is 10.2. The fourth-order valence-corrected chi connectivity index (χ4v) is 1.40. The van der Waals surface area contributed by atoms with Crippen molar-refractivity contribution in [3.8, 4) is 0 Å². The van der Waals surface area contributed by atoms with Crippen molar-refractivity contribution >= 4 is 0 Å². The SMILES string of the molecule is FC(F)(F)COCCNCC1CCCO1. The van der Waals surface area contributed by atoms with Gasteiger partial charge in [-0.2, -0.15) is 13.2 Å². The van der Waals surface area contributed by atoms with Crippen LogP contribution in [0.1, 0.15) is 12.8 Å². The molecule has 15 heavy (non-hydrogen) atoms. The first-order valence-corrected chi connectivity index (χ1v) is 5.05. The molecule has 1 heterocycles. The van der Waals surface area contributed by atoms with E-state index in [4.69, 9.17) is 4.74 Å². The van der Waals surface area contributed by atoms with Gasteiger partial charge in [-0.3, -0.25) is 0 Å². The summed E-state index contributed by atoms with van der Waals surface area (Å²) in [7, 11) is 0. The third kappa shape index (κ3) is 6.70. The Balaban J connectivity index is 1.84. The highest BCUT2D eigenvalue weighted by molar-refractivity contribution is 4.67. The van der Waals surface area contributed by atoms with Crippen molar-refractivity contribution in [2.24, 2.45) is 0 Å². The first kappa shape index (κ1) is 12.7. The zero-order valence-corrected chi connectivity index (χ0v) is 8.48. The van der Waals surface area contributed by atoms with Crippen LogP contribution in [0.2, 0.25) is 0 Å². The average molecular weight is 227 g/mol. The van der Waals surface area contributed by atoms with E-state index in [1.54, 1.807) is 0 Å². The molecule has 6 heteroatoms. The fraction of sp³-hybridized carbons (Fsp3) is 1.00. The predicted octanol–water partition coefficient (Wildman–Crippen LogP) is 1.33. The number of nitrogens with one attached hydrogen (secondary N) is 1. The second-order valence-electron chi connectivity index (χ2n) is 3.51. The van der Waals surface area contributed by atoms with E-state index in [9.17, 15) is 13.2 Å². The highest BCUT2D eigenvalue weighted by Gasteiger charge is 2.27. The molecule has 1 rings (SSSR count). The van der Waals surface area contributed by atoms with Crippen LogP contribution in [0.4, 0.5) is 13.2 Å². The van der Waals surface area contributed by atoms with Gasteiger partial charge in [0.2, 0.25) is 0 Å². The van der Waals surface area contributed by atoms with E-state index in [2.05, 4.69) is 10.1 Å². The third-order valence-corrected chi connectivity index (χ3v) is 2.08. The molecule has 1 fully saturated rings. The largest absolute Gasteiger partial charge is 0.411 e. The van der Waals surface area contributed by atoms with Gasteiger partial charge in [-0.1, -0.05) is 0 Å². The van der Waals surface area contributed by atoms with Gasteiger partial charge in [0.15, 0.2) is 0 Å². The van der Waals surface area contributed by atoms with Gasteiger partial charge in [-0.05, 0) is 12.8 Å². The van der Waals surface area contributed by atoms with Crippen LogP contribution in [0.15, 0.2) is 0 Å². The maximum absolute atomic E-state index is 11.6. The highest BCUT2D eigenvalue weighted by Crippen LogP contribution is 2.14. The third-order valence-electron chi connectivity index (χ3n) is 2.08. The van der Waals surface area contributed by atoms with Gasteiger partial charge in [0, 0.05) is 19.7 Å². The topological polar surface area (TPSA) is 30.5 Å². The van der Waals surface area contributed by atoms with Crippen LogP contribution in [0, 0.1) is 0 Å². The van der Waals surface area contributed by atoms with E-state index in [0.717, 1.165) is 19.4 Å². The Morgan fingerprint density at radius 1 is 1.40 bits per heavy atom. The molecule has 90 valence electrons.